The van der Waals surface area contributed by atoms with Crippen molar-refractivity contribution in [3.8, 4) is 0 Å². The molecule has 3 N–H and O–H groups in total. The van der Waals surface area contributed by atoms with Gasteiger partial charge in [-0.25, -0.2) is 0 Å². The van der Waals surface area contributed by atoms with E-state index < -0.39 is 0 Å². The van der Waals surface area contributed by atoms with Gasteiger partial charge in [0.25, 0.3) is 0 Å². The first kappa shape index (κ1) is 17.9. The van der Waals surface area contributed by atoms with Crippen molar-refractivity contribution in [3.05, 3.63) is 11.6 Å². The number of carbonyl (C=O) groups excluding carboxylic acids is 1. The predicted molar refractivity (Wildman–Crippen MR) is 84.4 cm³/mol. The summed E-state index contributed by atoms with van der Waals surface area (Å²) < 4.78 is 2.23. The molecule has 7 heteroatoms. The molecule has 1 unspecified atom stereocenters. The molecule has 1 aromatic rings. The zero-order chi connectivity index (χ0) is 14.4. The number of hydrogen-bond acceptors (Lipinski definition) is 4. The van der Waals surface area contributed by atoms with Gasteiger partial charge < -0.3 is 15.6 Å². The lowest BCUT2D eigenvalue weighted by atomic mass is 10.1. The lowest BCUT2D eigenvalue weighted by Crippen LogP contribution is -2.40. The van der Waals surface area contributed by atoms with Crippen LogP contribution < -0.4 is 11.1 Å². The molecule has 1 aliphatic rings. The van der Waals surface area contributed by atoms with Crippen molar-refractivity contribution in [2.45, 2.75) is 64.5 Å². The molecule has 0 aromatic carbocycles. The predicted octanol–water partition coefficient (Wildman–Crippen LogP) is 1.21. The van der Waals surface area contributed by atoms with Crippen LogP contribution in [0, 0.1) is 0 Å². The summed E-state index contributed by atoms with van der Waals surface area (Å²) in [7, 11) is 0. The molecule has 0 radical (unpaired) electrons. The monoisotopic (exact) mass is 315 g/mol. The molecule has 0 spiro atoms. The van der Waals surface area contributed by atoms with Crippen LogP contribution in [0.1, 0.15) is 50.7 Å². The Morgan fingerprint density at radius 3 is 3.00 bits per heavy atom. The molecule has 1 aliphatic heterocycles. The molecular formula is C14H26ClN5O. The standard InChI is InChI=1S/C14H25N5O.ClH/c1-2-6-11(15)14(20)16-9-5-8-13-18-17-12-7-3-4-10-19(12)13;/h11H,2-10,15H2,1H3,(H,16,20);1H. The van der Waals surface area contributed by atoms with Gasteiger partial charge in [-0.15, -0.1) is 22.6 Å². The summed E-state index contributed by atoms with van der Waals surface area (Å²) in [5.74, 6) is 2.11. The molecule has 0 fully saturated rings. The lowest BCUT2D eigenvalue weighted by Gasteiger charge is -2.15. The van der Waals surface area contributed by atoms with Crippen LogP contribution in [0.4, 0.5) is 0 Å². The summed E-state index contributed by atoms with van der Waals surface area (Å²) >= 11 is 0. The summed E-state index contributed by atoms with van der Waals surface area (Å²) in [6, 6.07) is -0.374. The molecule has 2 heterocycles. The van der Waals surface area contributed by atoms with Gasteiger partial charge in [-0.05, 0) is 25.7 Å². The number of aromatic nitrogens is 3. The van der Waals surface area contributed by atoms with Crippen LogP contribution in [0.15, 0.2) is 0 Å². The van der Waals surface area contributed by atoms with Gasteiger partial charge in [-0.3, -0.25) is 4.79 Å². The minimum absolute atomic E-state index is 0. The van der Waals surface area contributed by atoms with Crippen LogP contribution in [0.2, 0.25) is 0 Å². The smallest absolute Gasteiger partial charge is 0.236 e. The summed E-state index contributed by atoms with van der Waals surface area (Å²) in [6.45, 7) is 3.71. The molecule has 120 valence electrons. The van der Waals surface area contributed by atoms with Crippen molar-refractivity contribution in [3.63, 3.8) is 0 Å². The highest BCUT2D eigenvalue weighted by Gasteiger charge is 2.15. The average molecular weight is 316 g/mol. The van der Waals surface area contributed by atoms with Gasteiger partial charge in [-0.2, -0.15) is 0 Å². The Morgan fingerprint density at radius 1 is 1.43 bits per heavy atom. The van der Waals surface area contributed by atoms with Gasteiger partial charge in [0.1, 0.15) is 11.6 Å². The number of halogens is 1. The third kappa shape index (κ3) is 4.97. The highest BCUT2D eigenvalue weighted by Crippen LogP contribution is 2.14. The van der Waals surface area contributed by atoms with E-state index >= 15 is 0 Å². The van der Waals surface area contributed by atoms with E-state index in [0.29, 0.717) is 6.54 Å². The Labute approximate surface area is 132 Å². The molecule has 0 aliphatic carbocycles. The first-order valence-corrected chi connectivity index (χ1v) is 7.66. The Bertz CT molecular complexity index is 449. The first-order chi connectivity index (χ1) is 9.72. The van der Waals surface area contributed by atoms with Crippen molar-refractivity contribution in [2.75, 3.05) is 6.54 Å². The van der Waals surface area contributed by atoms with E-state index in [4.69, 9.17) is 5.73 Å². The quantitative estimate of drug-likeness (QED) is 0.741. The van der Waals surface area contributed by atoms with E-state index in [1.54, 1.807) is 0 Å². The van der Waals surface area contributed by atoms with E-state index in [-0.39, 0.29) is 24.4 Å². The maximum atomic E-state index is 11.7. The van der Waals surface area contributed by atoms with Gasteiger partial charge in [0.15, 0.2) is 0 Å². The normalized spacial score (nSPS) is 15.0. The molecule has 0 saturated heterocycles. The number of nitrogens with zero attached hydrogens (tertiary/aromatic N) is 3. The topological polar surface area (TPSA) is 85.8 Å². The van der Waals surface area contributed by atoms with Crippen molar-refractivity contribution >= 4 is 18.3 Å². The maximum absolute atomic E-state index is 11.7. The third-order valence-corrected chi connectivity index (χ3v) is 3.75. The van der Waals surface area contributed by atoms with Crippen molar-refractivity contribution in [2.24, 2.45) is 5.73 Å². The SMILES string of the molecule is CCCC(N)C(=O)NCCCc1nnc2n1CCCC2.Cl. The number of amides is 1. The average Bonchev–Trinajstić information content (AvgIpc) is 2.87. The zero-order valence-electron chi connectivity index (χ0n) is 12.7. The number of fused-ring (bicyclic) bond motifs is 1. The largest absolute Gasteiger partial charge is 0.355 e. The molecule has 0 bridgehead atoms. The highest BCUT2D eigenvalue weighted by atomic mass is 35.5. The van der Waals surface area contributed by atoms with Gasteiger partial charge >= 0.3 is 0 Å². The van der Waals surface area contributed by atoms with Gasteiger partial charge in [0.05, 0.1) is 6.04 Å². The van der Waals surface area contributed by atoms with Gasteiger partial charge in [0.2, 0.25) is 5.91 Å². The third-order valence-electron chi connectivity index (χ3n) is 3.75. The number of hydrogen-bond donors (Lipinski definition) is 2. The molecule has 0 saturated carbocycles. The van der Waals surface area contributed by atoms with Crippen LogP contribution in [0.3, 0.4) is 0 Å². The Morgan fingerprint density at radius 2 is 2.24 bits per heavy atom. The number of nitrogens with one attached hydrogen (secondary N) is 1. The summed E-state index contributed by atoms with van der Waals surface area (Å²) in [6.07, 6.45) is 6.86. The molecular weight excluding hydrogens is 290 g/mol. The van der Waals surface area contributed by atoms with Crippen LogP contribution in [0.25, 0.3) is 0 Å². The first-order valence-electron chi connectivity index (χ1n) is 7.66. The van der Waals surface area contributed by atoms with E-state index in [9.17, 15) is 4.79 Å². The minimum Gasteiger partial charge on any atom is -0.355 e. The highest BCUT2D eigenvalue weighted by molar-refractivity contribution is 5.85. The fourth-order valence-electron chi connectivity index (χ4n) is 2.58. The fourth-order valence-corrected chi connectivity index (χ4v) is 2.58. The fraction of sp³-hybridized carbons (Fsp3) is 0.786. The van der Waals surface area contributed by atoms with Crippen molar-refractivity contribution in [1.29, 1.82) is 0 Å². The van der Waals surface area contributed by atoms with E-state index in [0.717, 1.165) is 50.3 Å². The van der Waals surface area contributed by atoms with E-state index in [1.807, 2.05) is 6.92 Å². The Balaban J connectivity index is 0.00000220. The van der Waals surface area contributed by atoms with E-state index in [1.165, 1.54) is 12.8 Å². The van der Waals surface area contributed by atoms with Crippen molar-refractivity contribution in [1.82, 2.24) is 20.1 Å². The second-order valence-electron chi connectivity index (χ2n) is 5.43. The van der Waals surface area contributed by atoms with Crippen LogP contribution in [-0.4, -0.2) is 33.3 Å². The second kappa shape index (κ2) is 9.00. The van der Waals surface area contributed by atoms with Crippen LogP contribution >= 0.6 is 12.4 Å². The van der Waals surface area contributed by atoms with E-state index in [2.05, 4.69) is 20.1 Å². The second-order valence-corrected chi connectivity index (χ2v) is 5.43. The Kier molecular flexibility index (Phi) is 7.67. The number of aryl methyl sites for hydroxylation is 2. The number of rotatable bonds is 7. The zero-order valence-corrected chi connectivity index (χ0v) is 13.5. The minimum atomic E-state index is -0.374. The molecule has 1 atom stereocenters. The molecule has 21 heavy (non-hydrogen) atoms. The van der Waals surface area contributed by atoms with Crippen LogP contribution in [-0.2, 0) is 24.2 Å². The summed E-state index contributed by atoms with van der Waals surface area (Å²) in [5, 5.41) is 11.4. The van der Waals surface area contributed by atoms with Crippen LogP contribution in [0.5, 0.6) is 0 Å². The Hall–Kier alpha value is -1.14. The number of carbonyl (C=O) groups is 1. The van der Waals surface area contributed by atoms with Gasteiger partial charge in [-0.1, -0.05) is 13.3 Å². The molecule has 2 rings (SSSR count). The summed E-state index contributed by atoms with van der Waals surface area (Å²) in [4.78, 5) is 11.7. The molecule has 6 nitrogen and oxygen atoms in total. The maximum Gasteiger partial charge on any atom is 0.236 e. The summed E-state index contributed by atoms with van der Waals surface area (Å²) in [5.41, 5.74) is 5.76. The van der Waals surface area contributed by atoms with Gasteiger partial charge in [0, 0.05) is 25.9 Å². The van der Waals surface area contributed by atoms with Crippen molar-refractivity contribution < 1.29 is 4.79 Å². The molecule has 1 aromatic heterocycles. The molecule has 1 amide bonds. The lowest BCUT2D eigenvalue weighted by molar-refractivity contribution is -0.122. The number of nitrogens with two attached hydrogens (primary N) is 1.